The minimum atomic E-state index is -0.402. The van der Waals surface area contributed by atoms with Crippen LogP contribution in [0.5, 0.6) is 0 Å². The summed E-state index contributed by atoms with van der Waals surface area (Å²) >= 11 is 0. The Balaban J connectivity index is 1.55. The van der Waals surface area contributed by atoms with Crippen molar-refractivity contribution in [2.24, 2.45) is 0 Å². The average Bonchev–Trinajstić information content (AvgIpc) is 2.84. The van der Waals surface area contributed by atoms with E-state index in [0.29, 0.717) is 19.7 Å². The normalized spacial score (nSPS) is 16.9. The fourth-order valence-electron chi connectivity index (χ4n) is 3.29. The van der Waals surface area contributed by atoms with Gasteiger partial charge in [0, 0.05) is 5.92 Å². The number of likely N-dealkylation sites (tertiary alicyclic amines) is 1. The van der Waals surface area contributed by atoms with Crippen molar-refractivity contribution < 1.29 is 14.6 Å². The predicted molar refractivity (Wildman–Crippen MR) is 82.6 cm³/mol. The van der Waals surface area contributed by atoms with Gasteiger partial charge in [0.05, 0.1) is 19.2 Å². The Morgan fingerprint density at radius 2 is 1.59 bits per heavy atom. The second kappa shape index (κ2) is 5.14. The minimum Gasteiger partial charge on any atom is -0.448 e. The second-order valence-electron chi connectivity index (χ2n) is 5.86. The van der Waals surface area contributed by atoms with Gasteiger partial charge in [-0.15, -0.1) is 0 Å². The van der Waals surface area contributed by atoms with Crippen LogP contribution in [0.1, 0.15) is 17.0 Å². The summed E-state index contributed by atoms with van der Waals surface area (Å²) in [4.78, 5) is 13.5. The summed E-state index contributed by atoms with van der Waals surface area (Å²) in [6, 6.07) is 16.5. The van der Waals surface area contributed by atoms with E-state index in [2.05, 4.69) is 24.3 Å². The number of rotatable bonds is 2. The van der Waals surface area contributed by atoms with Crippen molar-refractivity contribution >= 4 is 6.09 Å². The van der Waals surface area contributed by atoms with E-state index in [1.807, 2.05) is 24.3 Å². The van der Waals surface area contributed by atoms with Crippen LogP contribution >= 0.6 is 0 Å². The Kier molecular flexibility index (Phi) is 3.12. The van der Waals surface area contributed by atoms with Crippen molar-refractivity contribution in [2.75, 3.05) is 19.7 Å². The molecule has 0 saturated carbocycles. The number of aliphatic hydroxyl groups excluding tert-OH is 1. The number of fused-ring (bicyclic) bond motifs is 3. The van der Waals surface area contributed by atoms with Gasteiger partial charge in [0.2, 0.25) is 0 Å². The SMILES string of the molecule is O=C(OCC1c2ccccc2-c2ccccc21)N1CC(O)C1. The molecule has 2 aromatic carbocycles. The molecule has 1 aliphatic carbocycles. The maximum atomic E-state index is 11.9. The molecule has 0 radical (unpaired) electrons. The number of ether oxygens (including phenoxy) is 1. The van der Waals surface area contributed by atoms with E-state index in [4.69, 9.17) is 4.74 Å². The third-order valence-electron chi connectivity index (χ3n) is 4.46. The topological polar surface area (TPSA) is 49.8 Å². The highest BCUT2D eigenvalue weighted by Crippen LogP contribution is 2.44. The molecule has 4 rings (SSSR count). The van der Waals surface area contributed by atoms with Gasteiger partial charge in [-0.25, -0.2) is 4.79 Å². The molecule has 4 heteroatoms. The van der Waals surface area contributed by atoms with Gasteiger partial charge < -0.3 is 14.7 Å². The van der Waals surface area contributed by atoms with Crippen LogP contribution < -0.4 is 0 Å². The number of nitrogens with zero attached hydrogens (tertiary/aromatic N) is 1. The van der Waals surface area contributed by atoms with Gasteiger partial charge in [-0.3, -0.25) is 0 Å². The third-order valence-corrected chi connectivity index (χ3v) is 4.46. The first-order valence-corrected chi connectivity index (χ1v) is 7.52. The molecule has 0 unspecified atom stereocenters. The number of carbonyl (C=O) groups is 1. The molecule has 1 aliphatic heterocycles. The van der Waals surface area contributed by atoms with Crippen molar-refractivity contribution in [2.45, 2.75) is 12.0 Å². The van der Waals surface area contributed by atoms with E-state index in [1.54, 1.807) is 0 Å². The molecule has 0 atom stereocenters. The molecule has 2 aliphatic rings. The minimum absolute atomic E-state index is 0.0857. The first-order chi connectivity index (χ1) is 10.7. The quantitative estimate of drug-likeness (QED) is 0.926. The van der Waals surface area contributed by atoms with Crippen LogP contribution in [0.25, 0.3) is 11.1 Å². The zero-order valence-corrected chi connectivity index (χ0v) is 12.1. The fraction of sp³-hybridized carbons (Fsp3) is 0.278. The average molecular weight is 295 g/mol. The van der Waals surface area contributed by atoms with E-state index < -0.39 is 6.10 Å². The molecule has 1 N–H and O–H groups in total. The van der Waals surface area contributed by atoms with Crippen molar-refractivity contribution in [3.05, 3.63) is 59.7 Å². The van der Waals surface area contributed by atoms with Gasteiger partial charge in [-0.2, -0.15) is 0 Å². The molecule has 1 fully saturated rings. The summed E-state index contributed by atoms with van der Waals surface area (Å²) in [5.74, 6) is 0.0857. The van der Waals surface area contributed by atoms with Crippen LogP contribution in [0.4, 0.5) is 4.79 Å². The lowest BCUT2D eigenvalue weighted by molar-refractivity contribution is -0.00253. The highest BCUT2D eigenvalue weighted by Gasteiger charge is 2.32. The summed E-state index contributed by atoms with van der Waals surface area (Å²) < 4.78 is 5.47. The summed E-state index contributed by atoms with van der Waals surface area (Å²) in [5, 5.41) is 9.26. The van der Waals surface area contributed by atoms with E-state index in [9.17, 15) is 9.90 Å². The van der Waals surface area contributed by atoms with Crippen molar-refractivity contribution in [3.63, 3.8) is 0 Å². The van der Waals surface area contributed by atoms with Gasteiger partial charge in [0.15, 0.2) is 0 Å². The van der Waals surface area contributed by atoms with E-state index in [-0.39, 0.29) is 12.0 Å². The number of aliphatic hydroxyl groups is 1. The van der Waals surface area contributed by atoms with Crippen LogP contribution in [0.3, 0.4) is 0 Å². The molecule has 4 nitrogen and oxygen atoms in total. The number of hydrogen-bond acceptors (Lipinski definition) is 3. The molecular weight excluding hydrogens is 278 g/mol. The molecular formula is C18H17NO3. The highest BCUT2D eigenvalue weighted by atomic mass is 16.6. The Hall–Kier alpha value is -2.33. The Morgan fingerprint density at radius 1 is 1.05 bits per heavy atom. The molecule has 0 bridgehead atoms. The fourth-order valence-corrected chi connectivity index (χ4v) is 3.29. The van der Waals surface area contributed by atoms with E-state index in [1.165, 1.54) is 27.2 Å². The van der Waals surface area contributed by atoms with Gasteiger partial charge in [0.25, 0.3) is 0 Å². The molecule has 0 spiro atoms. The molecule has 112 valence electrons. The molecule has 0 aromatic heterocycles. The zero-order valence-electron chi connectivity index (χ0n) is 12.1. The van der Waals surface area contributed by atoms with Gasteiger partial charge in [-0.05, 0) is 22.3 Å². The summed E-state index contributed by atoms with van der Waals surface area (Å²) in [6.45, 7) is 1.08. The number of β-amino-alcohol motifs (C(OH)–C–C–N with tert-alkyl or cyclic N) is 1. The zero-order chi connectivity index (χ0) is 15.1. The van der Waals surface area contributed by atoms with E-state index >= 15 is 0 Å². The smallest absolute Gasteiger partial charge is 0.409 e. The summed E-state index contributed by atoms with van der Waals surface area (Å²) in [6.07, 6.45) is -0.743. The molecule has 2 aromatic rings. The Bertz CT molecular complexity index is 676. The molecule has 22 heavy (non-hydrogen) atoms. The molecule has 1 heterocycles. The second-order valence-corrected chi connectivity index (χ2v) is 5.86. The lowest BCUT2D eigenvalue weighted by atomic mass is 9.98. The van der Waals surface area contributed by atoms with Gasteiger partial charge in [0.1, 0.15) is 6.61 Å². The number of benzene rings is 2. The van der Waals surface area contributed by atoms with Gasteiger partial charge >= 0.3 is 6.09 Å². The van der Waals surface area contributed by atoms with Crippen molar-refractivity contribution in [3.8, 4) is 11.1 Å². The van der Waals surface area contributed by atoms with Crippen molar-refractivity contribution in [1.82, 2.24) is 4.90 Å². The maximum Gasteiger partial charge on any atom is 0.409 e. The number of carbonyl (C=O) groups excluding carboxylic acids is 1. The Labute approximate surface area is 128 Å². The Morgan fingerprint density at radius 3 is 2.14 bits per heavy atom. The molecule has 1 amide bonds. The first kappa shape index (κ1) is 13.3. The predicted octanol–water partition coefficient (Wildman–Crippen LogP) is 2.61. The lowest BCUT2D eigenvalue weighted by Crippen LogP contribution is -2.53. The van der Waals surface area contributed by atoms with Crippen LogP contribution in [0.15, 0.2) is 48.5 Å². The van der Waals surface area contributed by atoms with Crippen LogP contribution in [0, 0.1) is 0 Å². The maximum absolute atomic E-state index is 11.9. The van der Waals surface area contributed by atoms with Crippen LogP contribution in [0.2, 0.25) is 0 Å². The standard InChI is InChI=1S/C18H17NO3/c20-12-9-19(10-12)18(21)22-11-17-15-7-3-1-5-13(15)14-6-2-4-8-16(14)17/h1-8,12,17,20H,9-11H2. The lowest BCUT2D eigenvalue weighted by Gasteiger charge is -2.35. The summed E-state index contributed by atoms with van der Waals surface area (Å²) in [7, 11) is 0. The third kappa shape index (κ3) is 2.07. The van der Waals surface area contributed by atoms with Gasteiger partial charge in [-0.1, -0.05) is 48.5 Å². The van der Waals surface area contributed by atoms with Crippen molar-refractivity contribution in [1.29, 1.82) is 0 Å². The van der Waals surface area contributed by atoms with Crippen LogP contribution in [-0.4, -0.2) is 41.9 Å². The largest absolute Gasteiger partial charge is 0.448 e. The van der Waals surface area contributed by atoms with E-state index in [0.717, 1.165) is 0 Å². The number of amides is 1. The summed E-state index contributed by atoms with van der Waals surface area (Å²) in [5.41, 5.74) is 4.86. The number of hydrogen-bond donors (Lipinski definition) is 1. The molecule has 1 saturated heterocycles. The first-order valence-electron chi connectivity index (χ1n) is 7.52. The van der Waals surface area contributed by atoms with Crippen LogP contribution in [-0.2, 0) is 4.74 Å². The highest BCUT2D eigenvalue weighted by molar-refractivity contribution is 5.79. The monoisotopic (exact) mass is 295 g/mol.